The summed E-state index contributed by atoms with van der Waals surface area (Å²) in [5, 5.41) is 8.76. The van der Waals surface area contributed by atoms with E-state index in [0.29, 0.717) is 39.9 Å². The molecule has 4 rings (SSSR count). The molecule has 0 bridgehead atoms. The number of aromatic nitrogens is 3. The molecule has 0 saturated carbocycles. The third-order valence-corrected chi connectivity index (χ3v) is 4.45. The molecule has 2 aromatic heterocycles. The Hall–Kier alpha value is -3.68. The summed E-state index contributed by atoms with van der Waals surface area (Å²) in [4.78, 5) is 24.3. The van der Waals surface area contributed by atoms with Crippen LogP contribution in [0.1, 0.15) is 22.8 Å². The fourth-order valence-corrected chi connectivity index (χ4v) is 3.02. The van der Waals surface area contributed by atoms with Crippen LogP contribution >= 0.6 is 0 Å². The van der Waals surface area contributed by atoms with E-state index >= 15 is 0 Å². The molecule has 0 fully saturated rings. The molecule has 2 heterocycles. The fourth-order valence-electron chi connectivity index (χ4n) is 3.02. The number of nitrogens with zero attached hydrogens (tertiary/aromatic N) is 3. The van der Waals surface area contributed by atoms with Crippen LogP contribution in [0.4, 0.5) is 0 Å². The van der Waals surface area contributed by atoms with Gasteiger partial charge in [0.25, 0.3) is 0 Å². The first-order chi connectivity index (χ1) is 13.6. The first-order valence-corrected chi connectivity index (χ1v) is 8.70. The number of esters is 1. The summed E-state index contributed by atoms with van der Waals surface area (Å²) in [7, 11) is 1.53. The van der Waals surface area contributed by atoms with E-state index < -0.39 is 11.6 Å². The number of hydrogen-bond acceptors (Lipinski definition) is 7. The molecule has 0 amide bonds. The van der Waals surface area contributed by atoms with Crippen LogP contribution in [0.15, 0.2) is 51.7 Å². The van der Waals surface area contributed by atoms with Crippen molar-refractivity contribution in [2.24, 2.45) is 0 Å². The SMILES string of the molecule is CCn1nnc2cc(C(=O)OCc3cc(=O)oc4cc(OC)ccc34)ccc21. The second kappa shape index (κ2) is 7.15. The van der Waals surface area contributed by atoms with Crippen LogP contribution in [-0.2, 0) is 17.9 Å². The minimum Gasteiger partial charge on any atom is -0.497 e. The van der Waals surface area contributed by atoms with Crippen molar-refractivity contribution in [3.63, 3.8) is 0 Å². The van der Waals surface area contributed by atoms with Crippen molar-refractivity contribution < 1.29 is 18.7 Å². The quantitative estimate of drug-likeness (QED) is 0.388. The van der Waals surface area contributed by atoms with Crippen LogP contribution in [-0.4, -0.2) is 28.1 Å². The second-order valence-electron chi connectivity index (χ2n) is 6.14. The van der Waals surface area contributed by atoms with Gasteiger partial charge in [-0.3, -0.25) is 0 Å². The van der Waals surface area contributed by atoms with Gasteiger partial charge in [-0.25, -0.2) is 14.3 Å². The Morgan fingerprint density at radius 1 is 1.18 bits per heavy atom. The Balaban J connectivity index is 1.59. The summed E-state index contributed by atoms with van der Waals surface area (Å²) >= 11 is 0. The Morgan fingerprint density at radius 3 is 2.82 bits per heavy atom. The highest BCUT2D eigenvalue weighted by molar-refractivity contribution is 5.93. The lowest BCUT2D eigenvalue weighted by Gasteiger charge is -2.08. The topological polar surface area (TPSA) is 96.5 Å². The highest BCUT2D eigenvalue weighted by Gasteiger charge is 2.13. The summed E-state index contributed by atoms with van der Waals surface area (Å²) in [6, 6.07) is 11.5. The van der Waals surface area contributed by atoms with Crippen LogP contribution in [0, 0.1) is 0 Å². The minimum atomic E-state index is -0.524. The van der Waals surface area contributed by atoms with E-state index in [4.69, 9.17) is 13.9 Å². The van der Waals surface area contributed by atoms with Crippen LogP contribution in [0.3, 0.4) is 0 Å². The third kappa shape index (κ3) is 3.20. The molecular weight excluding hydrogens is 362 g/mol. The number of aryl methyl sites for hydroxylation is 1. The zero-order chi connectivity index (χ0) is 19.7. The molecule has 8 heteroatoms. The van der Waals surface area contributed by atoms with Gasteiger partial charge in [0.2, 0.25) is 0 Å². The molecule has 0 N–H and O–H groups in total. The van der Waals surface area contributed by atoms with E-state index in [0.717, 1.165) is 5.52 Å². The first-order valence-electron chi connectivity index (χ1n) is 8.70. The maximum Gasteiger partial charge on any atom is 0.338 e. The lowest BCUT2D eigenvalue weighted by Crippen LogP contribution is -2.08. The normalized spacial score (nSPS) is 11.1. The van der Waals surface area contributed by atoms with Gasteiger partial charge < -0.3 is 13.9 Å². The number of benzene rings is 2. The van der Waals surface area contributed by atoms with Gasteiger partial charge in [0.15, 0.2) is 0 Å². The van der Waals surface area contributed by atoms with Gasteiger partial charge in [0, 0.05) is 29.6 Å². The maximum atomic E-state index is 12.5. The van der Waals surface area contributed by atoms with Crippen molar-refractivity contribution in [2.75, 3.05) is 7.11 Å². The van der Waals surface area contributed by atoms with Crippen molar-refractivity contribution in [1.29, 1.82) is 0 Å². The van der Waals surface area contributed by atoms with Crippen LogP contribution in [0.25, 0.3) is 22.0 Å². The molecule has 0 radical (unpaired) electrons. The average Bonchev–Trinajstić information content (AvgIpc) is 3.13. The fraction of sp³-hybridized carbons (Fsp3) is 0.200. The van der Waals surface area contributed by atoms with Crippen molar-refractivity contribution in [3.8, 4) is 5.75 Å². The smallest absolute Gasteiger partial charge is 0.338 e. The average molecular weight is 379 g/mol. The molecule has 8 nitrogen and oxygen atoms in total. The predicted molar refractivity (Wildman–Crippen MR) is 101 cm³/mol. The molecule has 0 aliphatic rings. The van der Waals surface area contributed by atoms with E-state index in [1.54, 1.807) is 41.1 Å². The zero-order valence-electron chi connectivity index (χ0n) is 15.3. The van der Waals surface area contributed by atoms with E-state index in [2.05, 4.69) is 10.3 Å². The lowest BCUT2D eigenvalue weighted by molar-refractivity contribution is 0.0474. The number of carbonyl (C=O) groups is 1. The largest absolute Gasteiger partial charge is 0.497 e. The van der Waals surface area contributed by atoms with Gasteiger partial charge in [-0.1, -0.05) is 5.21 Å². The Labute approximate surface area is 159 Å². The van der Waals surface area contributed by atoms with E-state index in [-0.39, 0.29) is 6.61 Å². The number of fused-ring (bicyclic) bond motifs is 2. The maximum absolute atomic E-state index is 12.5. The van der Waals surface area contributed by atoms with Crippen molar-refractivity contribution in [1.82, 2.24) is 15.0 Å². The number of hydrogen-bond donors (Lipinski definition) is 0. The molecule has 4 aromatic rings. The lowest BCUT2D eigenvalue weighted by atomic mass is 10.1. The molecule has 0 aliphatic carbocycles. The Bertz CT molecular complexity index is 1240. The van der Waals surface area contributed by atoms with Gasteiger partial charge >= 0.3 is 11.6 Å². The van der Waals surface area contributed by atoms with Gasteiger partial charge in [-0.05, 0) is 37.3 Å². The number of carbonyl (C=O) groups excluding carboxylic acids is 1. The van der Waals surface area contributed by atoms with Crippen molar-refractivity contribution >= 4 is 28.0 Å². The second-order valence-corrected chi connectivity index (χ2v) is 6.14. The van der Waals surface area contributed by atoms with Crippen LogP contribution < -0.4 is 10.4 Å². The van der Waals surface area contributed by atoms with Gasteiger partial charge in [0.05, 0.1) is 18.2 Å². The summed E-state index contributed by atoms with van der Waals surface area (Å²) in [6.45, 7) is 2.59. The summed E-state index contributed by atoms with van der Waals surface area (Å²) in [6.07, 6.45) is 0. The molecular formula is C20H17N3O5. The van der Waals surface area contributed by atoms with E-state index in [1.165, 1.54) is 13.2 Å². The van der Waals surface area contributed by atoms with Crippen LogP contribution in [0.5, 0.6) is 5.75 Å². The van der Waals surface area contributed by atoms with Crippen LogP contribution in [0.2, 0.25) is 0 Å². The van der Waals surface area contributed by atoms with Gasteiger partial charge in [-0.2, -0.15) is 0 Å². The van der Waals surface area contributed by atoms with Crippen molar-refractivity contribution in [2.45, 2.75) is 20.1 Å². The predicted octanol–water partition coefficient (Wildman–Crippen LogP) is 2.92. The standard InChI is InChI=1S/C20H17N3O5/c1-3-23-17-7-4-12(8-16(17)21-22-23)20(25)27-11-13-9-19(24)28-18-10-14(26-2)5-6-15(13)18/h4-10H,3,11H2,1-2H3. The molecule has 0 atom stereocenters. The summed E-state index contributed by atoms with van der Waals surface area (Å²) < 4.78 is 17.5. The molecule has 0 unspecified atom stereocenters. The molecule has 28 heavy (non-hydrogen) atoms. The number of ether oxygens (including phenoxy) is 2. The van der Waals surface area contributed by atoms with E-state index in [9.17, 15) is 9.59 Å². The van der Waals surface area contributed by atoms with Crippen molar-refractivity contribution in [3.05, 3.63) is 64.0 Å². The Kier molecular flexibility index (Phi) is 4.52. The molecule has 0 saturated heterocycles. The highest BCUT2D eigenvalue weighted by Crippen LogP contribution is 2.23. The summed E-state index contributed by atoms with van der Waals surface area (Å²) in [5.74, 6) is 0.0565. The third-order valence-electron chi connectivity index (χ3n) is 4.45. The van der Waals surface area contributed by atoms with E-state index in [1.807, 2.05) is 6.92 Å². The number of rotatable bonds is 5. The molecule has 0 aliphatic heterocycles. The summed E-state index contributed by atoms with van der Waals surface area (Å²) in [5.41, 5.74) is 2.23. The molecule has 142 valence electrons. The molecule has 0 spiro atoms. The number of methoxy groups -OCH3 is 1. The highest BCUT2D eigenvalue weighted by atomic mass is 16.5. The monoisotopic (exact) mass is 379 g/mol. The zero-order valence-corrected chi connectivity index (χ0v) is 15.3. The van der Waals surface area contributed by atoms with Gasteiger partial charge in [0.1, 0.15) is 23.5 Å². The minimum absolute atomic E-state index is 0.0625. The molecule has 2 aromatic carbocycles. The first kappa shape index (κ1) is 17.7. The van der Waals surface area contributed by atoms with Gasteiger partial charge in [-0.15, -0.1) is 5.10 Å². The Morgan fingerprint density at radius 2 is 2.04 bits per heavy atom.